The Labute approximate surface area is 162 Å². The van der Waals surface area contributed by atoms with Gasteiger partial charge in [0.1, 0.15) is 5.82 Å². The molecule has 1 aliphatic carbocycles. The van der Waals surface area contributed by atoms with Gasteiger partial charge in [0.25, 0.3) is 0 Å². The summed E-state index contributed by atoms with van der Waals surface area (Å²) in [6.45, 7) is 5.74. The molecule has 0 bridgehead atoms. The first-order valence-electron chi connectivity index (χ1n) is 10.0. The molecular weight excluding hydrogens is 330 g/mol. The quantitative estimate of drug-likeness (QED) is 0.604. The van der Waals surface area contributed by atoms with Gasteiger partial charge in [-0.3, -0.25) is 0 Å². The van der Waals surface area contributed by atoms with Crippen LogP contribution in [-0.2, 0) is 6.54 Å². The lowest BCUT2D eigenvalue weighted by molar-refractivity contribution is 0.206. The lowest BCUT2D eigenvalue weighted by Crippen LogP contribution is -2.35. The molecule has 4 rings (SSSR count). The van der Waals surface area contributed by atoms with E-state index in [-0.39, 0.29) is 0 Å². The maximum absolute atomic E-state index is 4.35. The molecule has 1 aromatic heterocycles. The van der Waals surface area contributed by atoms with E-state index < -0.39 is 0 Å². The molecule has 0 unspecified atom stereocenters. The van der Waals surface area contributed by atoms with E-state index in [2.05, 4.69) is 77.7 Å². The summed E-state index contributed by atoms with van der Waals surface area (Å²) < 4.78 is 0. The van der Waals surface area contributed by atoms with Crippen molar-refractivity contribution in [3.63, 3.8) is 0 Å². The average molecular weight is 360 g/mol. The molecule has 2 aromatic carbocycles. The largest absolute Gasteiger partial charge is 0.345 e. The Balaban J connectivity index is 1.39. The lowest BCUT2D eigenvalue weighted by atomic mass is 9.75. The lowest BCUT2D eigenvalue weighted by Gasteiger charge is -2.34. The Kier molecular flexibility index (Phi) is 5.13. The molecule has 2 N–H and O–H groups in total. The number of aromatic nitrogens is 2. The van der Waals surface area contributed by atoms with E-state index in [0.717, 1.165) is 17.9 Å². The van der Waals surface area contributed by atoms with E-state index in [0.29, 0.717) is 11.5 Å². The van der Waals surface area contributed by atoms with Crippen LogP contribution < -0.4 is 5.32 Å². The number of hydrogen-bond acceptors (Lipinski definition) is 2. The summed E-state index contributed by atoms with van der Waals surface area (Å²) in [4.78, 5) is 7.52. The van der Waals surface area contributed by atoms with Gasteiger partial charge in [0.05, 0.1) is 0 Å². The zero-order chi connectivity index (χ0) is 18.7. The van der Waals surface area contributed by atoms with Gasteiger partial charge >= 0.3 is 0 Å². The maximum Gasteiger partial charge on any atom is 0.137 e. The van der Waals surface area contributed by atoms with Gasteiger partial charge in [-0.15, -0.1) is 0 Å². The smallest absolute Gasteiger partial charge is 0.137 e. The van der Waals surface area contributed by atoms with Crippen molar-refractivity contribution in [3.8, 4) is 22.5 Å². The first kappa shape index (κ1) is 18.0. The SMILES string of the molecule is CC1(C)CCC(NCc2ccc(-c3cccc(-c4ncc[nH]4)c3)cc2)CC1. The second-order valence-corrected chi connectivity index (χ2v) is 8.53. The molecule has 1 saturated carbocycles. The molecule has 0 saturated heterocycles. The van der Waals surface area contributed by atoms with E-state index in [1.807, 2.05) is 6.20 Å². The van der Waals surface area contributed by atoms with Gasteiger partial charge in [-0.1, -0.05) is 56.3 Å². The molecule has 0 atom stereocenters. The third-order valence-electron chi connectivity index (χ3n) is 5.86. The van der Waals surface area contributed by atoms with Gasteiger partial charge in [0.15, 0.2) is 0 Å². The first-order chi connectivity index (χ1) is 13.1. The van der Waals surface area contributed by atoms with Gasteiger partial charge < -0.3 is 10.3 Å². The fraction of sp³-hybridized carbons (Fsp3) is 0.375. The molecule has 0 spiro atoms. The Morgan fingerprint density at radius 1 is 1.00 bits per heavy atom. The molecule has 0 aliphatic heterocycles. The minimum absolute atomic E-state index is 0.532. The van der Waals surface area contributed by atoms with Crippen LogP contribution in [0, 0.1) is 5.41 Å². The molecule has 3 aromatic rings. The Bertz CT molecular complexity index is 853. The van der Waals surface area contributed by atoms with Crippen LogP contribution in [0.3, 0.4) is 0 Å². The maximum atomic E-state index is 4.35. The standard InChI is InChI=1S/C24H29N3/c1-24(2)12-10-22(11-13-24)27-17-18-6-8-19(9-7-18)20-4-3-5-21(16-20)23-25-14-15-26-23/h3-9,14-16,22,27H,10-13,17H2,1-2H3,(H,25,26). The molecule has 1 aliphatic rings. The van der Waals surface area contributed by atoms with Crippen LogP contribution in [0.4, 0.5) is 0 Å². The Morgan fingerprint density at radius 3 is 2.44 bits per heavy atom. The van der Waals surface area contributed by atoms with Crippen molar-refractivity contribution >= 4 is 0 Å². The highest BCUT2D eigenvalue weighted by Gasteiger charge is 2.26. The highest BCUT2D eigenvalue weighted by molar-refractivity contribution is 5.70. The van der Waals surface area contributed by atoms with E-state index in [1.165, 1.54) is 42.4 Å². The van der Waals surface area contributed by atoms with Gasteiger partial charge in [-0.25, -0.2) is 4.98 Å². The van der Waals surface area contributed by atoms with Gasteiger partial charge in [0, 0.05) is 30.5 Å². The zero-order valence-electron chi connectivity index (χ0n) is 16.3. The van der Waals surface area contributed by atoms with Crippen LogP contribution >= 0.6 is 0 Å². The van der Waals surface area contributed by atoms with Crippen LogP contribution in [0.1, 0.15) is 45.1 Å². The number of hydrogen-bond donors (Lipinski definition) is 2. The first-order valence-corrected chi connectivity index (χ1v) is 10.0. The Hall–Kier alpha value is -2.39. The van der Waals surface area contributed by atoms with Gasteiger partial charge in [-0.05, 0) is 53.9 Å². The van der Waals surface area contributed by atoms with Crippen LogP contribution in [0.15, 0.2) is 60.9 Å². The summed E-state index contributed by atoms with van der Waals surface area (Å²) in [6.07, 6.45) is 8.90. The van der Waals surface area contributed by atoms with Crippen molar-refractivity contribution in [2.75, 3.05) is 0 Å². The number of nitrogens with one attached hydrogen (secondary N) is 2. The topological polar surface area (TPSA) is 40.7 Å². The molecular formula is C24H29N3. The van der Waals surface area contributed by atoms with E-state index in [1.54, 1.807) is 6.20 Å². The monoisotopic (exact) mass is 359 g/mol. The average Bonchev–Trinajstić information content (AvgIpc) is 3.23. The number of nitrogens with zero attached hydrogens (tertiary/aromatic N) is 1. The van der Waals surface area contributed by atoms with E-state index in [9.17, 15) is 0 Å². The highest BCUT2D eigenvalue weighted by atomic mass is 14.9. The summed E-state index contributed by atoms with van der Waals surface area (Å²) >= 11 is 0. The highest BCUT2D eigenvalue weighted by Crippen LogP contribution is 2.35. The number of benzene rings is 2. The molecule has 1 heterocycles. The fourth-order valence-electron chi connectivity index (χ4n) is 3.95. The number of rotatable bonds is 5. The normalized spacial score (nSPS) is 17.1. The summed E-state index contributed by atoms with van der Waals surface area (Å²) in [5, 5.41) is 3.75. The number of aromatic amines is 1. The predicted molar refractivity (Wildman–Crippen MR) is 112 cm³/mol. The Morgan fingerprint density at radius 2 is 1.74 bits per heavy atom. The van der Waals surface area contributed by atoms with Crippen LogP contribution in [-0.4, -0.2) is 16.0 Å². The fourth-order valence-corrected chi connectivity index (χ4v) is 3.95. The second-order valence-electron chi connectivity index (χ2n) is 8.53. The minimum Gasteiger partial charge on any atom is -0.345 e. The third kappa shape index (κ3) is 4.48. The van der Waals surface area contributed by atoms with Crippen molar-refractivity contribution < 1.29 is 0 Å². The van der Waals surface area contributed by atoms with Crippen molar-refractivity contribution in [2.24, 2.45) is 5.41 Å². The van der Waals surface area contributed by atoms with Crippen LogP contribution in [0.2, 0.25) is 0 Å². The molecule has 3 nitrogen and oxygen atoms in total. The van der Waals surface area contributed by atoms with Crippen molar-refractivity contribution in [1.82, 2.24) is 15.3 Å². The molecule has 0 radical (unpaired) electrons. The second kappa shape index (κ2) is 7.69. The van der Waals surface area contributed by atoms with E-state index >= 15 is 0 Å². The molecule has 27 heavy (non-hydrogen) atoms. The summed E-state index contributed by atoms with van der Waals surface area (Å²) in [6, 6.07) is 18.1. The summed E-state index contributed by atoms with van der Waals surface area (Å²) in [7, 11) is 0. The summed E-state index contributed by atoms with van der Waals surface area (Å²) in [5.74, 6) is 0.910. The van der Waals surface area contributed by atoms with Crippen LogP contribution in [0.5, 0.6) is 0 Å². The van der Waals surface area contributed by atoms with E-state index in [4.69, 9.17) is 0 Å². The zero-order valence-corrected chi connectivity index (χ0v) is 16.3. The molecule has 0 amide bonds. The predicted octanol–water partition coefficient (Wildman–Crippen LogP) is 5.80. The third-order valence-corrected chi connectivity index (χ3v) is 5.86. The minimum atomic E-state index is 0.532. The van der Waals surface area contributed by atoms with Crippen molar-refractivity contribution in [1.29, 1.82) is 0 Å². The van der Waals surface area contributed by atoms with Crippen molar-refractivity contribution in [3.05, 3.63) is 66.5 Å². The summed E-state index contributed by atoms with van der Waals surface area (Å²) in [5.41, 5.74) is 5.46. The molecule has 140 valence electrons. The van der Waals surface area contributed by atoms with Gasteiger partial charge in [0.2, 0.25) is 0 Å². The number of H-pyrrole nitrogens is 1. The molecule has 1 fully saturated rings. The molecule has 3 heteroatoms. The van der Waals surface area contributed by atoms with Crippen LogP contribution in [0.25, 0.3) is 22.5 Å². The van der Waals surface area contributed by atoms with Gasteiger partial charge in [-0.2, -0.15) is 0 Å². The number of imidazole rings is 1. The van der Waals surface area contributed by atoms with Crippen molar-refractivity contribution in [2.45, 2.75) is 52.1 Å².